The Morgan fingerprint density at radius 2 is 1.97 bits per heavy atom. The van der Waals surface area contributed by atoms with Gasteiger partial charge < -0.3 is 10.0 Å². The summed E-state index contributed by atoms with van der Waals surface area (Å²) in [6.45, 7) is 3.78. The minimum absolute atomic E-state index is 0.0754. The molecule has 1 unspecified atom stereocenters. The Balaban J connectivity index is 0.000000396. The molecule has 0 radical (unpaired) electrons. The molecule has 30 heavy (non-hydrogen) atoms. The van der Waals surface area contributed by atoms with E-state index in [0.29, 0.717) is 32.6 Å². The van der Waals surface area contributed by atoms with Crippen molar-refractivity contribution in [2.45, 2.75) is 31.5 Å². The van der Waals surface area contributed by atoms with Gasteiger partial charge in [0.05, 0.1) is 23.5 Å². The summed E-state index contributed by atoms with van der Waals surface area (Å²) >= 11 is 1.56. The Kier molecular flexibility index (Phi) is 7.54. The molecule has 1 amide bonds. The SMILES string of the molecule is CCCS(=O)(=O)N1CCC2(CN(c3ccsc3)C(=O)CN2C)C1.O=C(O)C(F)(F)F. The van der Waals surface area contributed by atoms with E-state index in [1.54, 1.807) is 15.6 Å². The van der Waals surface area contributed by atoms with Crippen molar-refractivity contribution in [3.8, 4) is 0 Å². The Morgan fingerprint density at radius 1 is 1.33 bits per heavy atom. The zero-order chi connectivity index (χ0) is 22.7. The molecule has 1 aromatic rings. The van der Waals surface area contributed by atoms with Crippen LogP contribution in [0.25, 0.3) is 0 Å². The van der Waals surface area contributed by atoms with Crippen LogP contribution < -0.4 is 4.90 Å². The number of halogens is 3. The van der Waals surface area contributed by atoms with Gasteiger partial charge in [-0.05, 0) is 31.3 Å². The van der Waals surface area contributed by atoms with Crippen molar-refractivity contribution < 1.29 is 36.3 Å². The molecule has 2 aliphatic rings. The van der Waals surface area contributed by atoms with Crippen LogP contribution in [0.3, 0.4) is 0 Å². The standard InChI is InChI=1S/C15H23N3O3S2.C2HF3O2/c1-3-8-23(20,21)17-6-5-15(11-17)12-18(13-4-7-22-10-13)14(19)9-16(15)2;3-2(4,5)1(6)7/h4,7,10H,3,5-6,8-9,11-12H2,1-2H3;(H,6,7). The van der Waals surface area contributed by atoms with Crippen LogP contribution in [-0.4, -0.2) is 85.3 Å². The molecule has 1 spiro atoms. The number of piperazine rings is 1. The number of carbonyl (C=O) groups is 2. The topological polar surface area (TPSA) is 98.2 Å². The highest BCUT2D eigenvalue weighted by atomic mass is 32.2. The number of carboxylic acids is 1. The summed E-state index contributed by atoms with van der Waals surface area (Å²) in [7, 11) is -1.26. The molecule has 0 saturated carbocycles. The first kappa shape index (κ1) is 24.6. The van der Waals surface area contributed by atoms with Crippen molar-refractivity contribution in [1.29, 1.82) is 0 Å². The van der Waals surface area contributed by atoms with Crippen molar-refractivity contribution in [3.63, 3.8) is 0 Å². The van der Waals surface area contributed by atoms with Crippen LogP contribution in [0.1, 0.15) is 19.8 Å². The van der Waals surface area contributed by atoms with Crippen LogP contribution >= 0.6 is 11.3 Å². The summed E-state index contributed by atoms with van der Waals surface area (Å²) in [5, 5.41) is 11.1. The molecule has 2 fully saturated rings. The predicted molar refractivity (Wildman–Crippen MR) is 106 cm³/mol. The fourth-order valence-electron chi connectivity index (χ4n) is 3.49. The van der Waals surface area contributed by atoms with Gasteiger partial charge in [0.15, 0.2) is 0 Å². The highest BCUT2D eigenvalue weighted by Crippen LogP contribution is 2.35. The molecule has 1 aromatic heterocycles. The average Bonchev–Trinajstić information content (AvgIpc) is 3.29. The van der Waals surface area contributed by atoms with Crippen LogP contribution in [0.2, 0.25) is 0 Å². The molecule has 0 aliphatic carbocycles. The molecular formula is C17H24F3N3O5S2. The molecule has 0 aromatic carbocycles. The zero-order valence-corrected chi connectivity index (χ0v) is 18.2. The maximum Gasteiger partial charge on any atom is 0.490 e. The van der Waals surface area contributed by atoms with E-state index >= 15 is 0 Å². The smallest absolute Gasteiger partial charge is 0.475 e. The van der Waals surface area contributed by atoms with Crippen LogP contribution in [0.15, 0.2) is 16.8 Å². The molecule has 3 rings (SSSR count). The van der Waals surface area contributed by atoms with E-state index < -0.39 is 22.2 Å². The number of hydrogen-bond donors (Lipinski definition) is 1. The minimum Gasteiger partial charge on any atom is -0.475 e. The van der Waals surface area contributed by atoms with Gasteiger partial charge in [-0.15, -0.1) is 0 Å². The quantitative estimate of drug-likeness (QED) is 0.720. The second-order valence-electron chi connectivity index (χ2n) is 7.24. The summed E-state index contributed by atoms with van der Waals surface area (Å²) in [6.07, 6.45) is -3.69. The van der Waals surface area contributed by atoms with Crippen LogP contribution in [0, 0.1) is 0 Å². The molecule has 2 aliphatic heterocycles. The molecule has 1 N–H and O–H groups in total. The maximum atomic E-state index is 12.4. The lowest BCUT2D eigenvalue weighted by molar-refractivity contribution is -0.192. The normalized spacial score (nSPS) is 23.5. The molecule has 3 heterocycles. The minimum atomic E-state index is -5.08. The third-order valence-corrected chi connectivity index (χ3v) is 7.84. The number of aliphatic carboxylic acids is 1. The van der Waals surface area contributed by atoms with Gasteiger partial charge in [-0.1, -0.05) is 6.92 Å². The third kappa shape index (κ3) is 5.50. The first-order chi connectivity index (χ1) is 13.8. The number of likely N-dealkylation sites (N-methyl/N-ethyl adjacent to an activating group) is 1. The molecule has 170 valence electrons. The highest BCUT2D eigenvalue weighted by Gasteiger charge is 2.49. The summed E-state index contributed by atoms with van der Waals surface area (Å²) in [6, 6.07) is 1.95. The number of sulfonamides is 1. The Bertz CT molecular complexity index is 860. The Morgan fingerprint density at radius 3 is 2.47 bits per heavy atom. The van der Waals surface area contributed by atoms with E-state index in [2.05, 4.69) is 0 Å². The number of alkyl halides is 3. The van der Waals surface area contributed by atoms with Gasteiger partial charge in [0.25, 0.3) is 0 Å². The molecule has 8 nitrogen and oxygen atoms in total. The average molecular weight is 472 g/mol. The van der Waals surface area contributed by atoms with Crippen molar-refractivity contribution in [1.82, 2.24) is 9.21 Å². The zero-order valence-electron chi connectivity index (χ0n) is 16.6. The number of amides is 1. The number of hydrogen-bond acceptors (Lipinski definition) is 6. The van der Waals surface area contributed by atoms with Gasteiger partial charge in [0, 0.05) is 25.0 Å². The molecular weight excluding hydrogens is 447 g/mol. The number of nitrogens with zero attached hydrogens (tertiary/aromatic N) is 3. The van der Waals surface area contributed by atoms with Crippen molar-refractivity contribution >= 4 is 38.9 Å². The first-order valence-electron chi connectivity index (χ1n) is 9.14. The van der Waals surface area contributed by atoms with Gasteiger partial charge in [-0.2, -0.15) is 28.8 Å². The number of rotatable bonds is 4. The monoisotopic (exact) mass is 471 g/mol. The van der Waals surface area contributed by atoms with Gasteiger partial charge in [0.2, 0.25) is 15.9 Å². The maximum absolute atomic E-state index is 12.4. The molecule has 0 bridgehead atoms. The lowest BCUT2D eigenvalue weighted by Crippen LogP contribution is -2.64. The second-order valence-corrected chi connectivity index (χ2v) is 10.1. The molecule has 1 atom stereocenters. The summed E-state index contributed by atoms with van der Waals surface area (Å²) in [4.78, 5) is 25.1. The summed E-state index contributed by atoms with van der Waals surface area (Å²) in [5.41, 5.74) is 0.638. The largest absolute Gasteiger partial charge is 0.490 e. The third-order valence-electron chi connectivity index (χ3n) is 5.15. The van der Waals surface area contributed by atoms with E-state index in [-0.39, 0.29) is 17.2 Å². The molecule has 13 heteroatoms. The van der Waals surface area contributed by atoms with E-state index in [1.807, 2.05) is 40.6 Å². The lowest BCUT2D eigenvalue weighted by atomic mass is 9.93. The number of carboxylic acid groups (broad SMARTS) is 1. The lowest BCUT2D eigenvalue weighted by Gasteiger charge is -2.46. The Labute approximate surface area is 176 Å². The fraction of sp³-hybridized carbons (Fsp3) is 0.647. The first-order valence-corrected chi connectivity index (χ1v) is 11.7. The van der Waals surface area contributed by atoms with Gasteiger partial charge in [-0.3, -0.25) is 9.69 Å². The van der Waals surface area contributed by atoms with Gasteiger partial charge in [0.1, 0.15) is 0 Å². The fourth-order valence-corrected chi connectivity index (χ4v) is 5.71. The number of anilines is 1. The second kappa shape index (κ2) is 9.20. The van der Waals surface area contributed by atoms with Crippen molar-refractivity contribution in [2.24, 2.45) is 0 Å². The van der Waals surface area contributed by atoms with Crippen LogP contribution in [0.4, 0.5) is 18.9 Å². The van der Waals surface area contributed by atoms with Crippen molar-refractivity contribution in [2.75, 3.05) is 43.9 Å². The van der Waals surface area contributed by atoms with Crippen LogP contribution in [-0.2, 0) is 19.6 Å². The summed E-state index contributed by atoms with van der Waals surface area (Å²) in [5.74, 6) is -2.49. The number of thiophene rings is 1. The predicted octanol–water partition coefficient (Wildman–Crippen LogP) is 1.84. The number of carbonyl (C=O) groups excluding carboxylic acids is 1. The Hall–Kier alpha value is -1.70. The van der Waals surface area contributed by atoms with E-state index in [0.717, 1.165) is 12.1 Å². The van der Waals surface area contributed by atoms with E-state index in [1.165, 1.54) is 0 Å². The van der Waals surface area contributed by atoms with Gasteiger partial charge >= 0.3 is 12.1 Å². The van der Waals surface area contributed by atoms with E-state index in [4.69, 9.17) is 9.90 Å². The summed E-state index contributed by atoms with van der Waals surface area (Å²) < 4.78 is 58.1. The van der Waals surface area contributed by atoms with E-state index in [9.17, 15) is 26.4 Å². The van der Waals surface area contributed by atoms with Crippen LogP contribution in [0.5, 0.6) is 0 Å². The highest BCUT2D eigenvalue weighted by molar-refractivity contribution is 7.89. The molecule has 2 saturated heterocycles. The van der Waals surface area contributed by atoms with Crippen molar-refractivity contribution in [3.05, 3.63) is 16.8 Å². The van der Waals surface area contributed by atoms with Gasteiger partial charge in [-0.25, -0.2) is 13.2 Å².